The number of carbonyl (C=O) groups is 2. The van der Waals surface area contributed by atoms with Crippen LogP contribution in [0, 0.1) is 0 Å². The molecular weight excluding hydrogens is 184 g/mol. The summed E-state index contributed by atoms with van der Waals surface area (Å²) in [4.78, 5) is 23.2. The smallest absolute Gasteiger partial charge is 0.307 e. The molecule has 0 bridgehead atoms. The molecule has 0 aromatic heterocycles. The Labute approximate surface area is 83.2 Å². The Hall–Kier alpha value is -1.10. The van der Waals surface area contributed by atoms with Crippen LogP contribution in [0.2, 0.25) is 0 Å². The Balaban J connectivity index is 2.21. The van der Waals surface area contributed by atoms with Crippen molar-refractivity contribution in [1.29, 1.82) is 0 Å². The van der Waals surface area contributed by atoms with Gasteiger partial charge in [0.1, 0.15) is 6.10 Å². The van der Waals surface area contributed by atoms with Gasteiger partial charge in [0.05, 0.1) is 6.42 Å². The topological polar surface area (TPSA) is 72.6 Å². The molecule has 0 unspecified atom stereocenters. The summed E-state index contributed by atoms with van der Waals surface area (Å²) in [5, 5.41) is 0. The lowest BCUT2D eigenvalue weighted by atomic mass is 10.1. The number of piperidine rings is 1. The first-order valence-corrected chi connectivity index (χ1v) is 4.85. The molecule has 0 atom stereocenters. The van der Waals surface area contributed by atoms with Gasteiger partial charge in [0, 0.05) is 32.5 Å². The highest BCUT2D eigenvalue weighted by Crippen LogP contribution is 2.12. The van der Waals surface area contributed by atoms with Crippen molar-refractivity contribution in [2.75, 3.05) is 19.6 Å². The lowest BCUT2D eigenvalue weighted by Crippen LogP contribution is -2.37. The summed E-state index contributed by atoms with van der Waals surface area (Å²) in [5.41, 5.74) is 5.22. The quantitative estimate of drug-likeness (QED) is 0.490. The molecule has 0 aromatic carbocycles. The maximum atomic E-state index is 11.1. The molecule has 14 heavy (non-hydrogen) atoms. The molecule has 1 amide bonds. The largest absolute Gasteiger partial charge is 0.462 e. The Kier molecular flexibility index (Phi) is 4.39. The maximum absolute atomic E-state index is 11.1. The second-order valence-corrected chi connectivity index (χ2v) is 3.37. The van der Waals surface area contributed by atoms with Crippen LogP contribution < -0.4 is 5.73 Å². The molecule has 1 saturated heterocycles. The van der Waals surface area contributed by atoms with Crippen LogP contribution in [0.5, 0.6) is 0 Å². The van der Waals surface area contributed by atoms with Crippen LogP contribution in [0.4, 0.5) is 0 Å². The zero-order chi connectivity index (χ0) is 10.4. The van der Waals surface area contributed by atoms with E-state index >= 15 is 0 Å². The van der Waals surface area contributed by atoms with E-state index in [9.17, 15) is 9.59 Å². The molecule has 5 heteroatoms. The first-order chi connectivity index (χ1) is 6.76. The first kappa shape index (κ1) is 11.0. The SMILES string of the molecule is NCCC(=O)OC1CCN(C=O)CC1. The van der Waals surface area contributed by atoms with E-state index in [1.54, 1.807) is 4.90 Å². The van der Waals surface area contributed by atoms with Gasteiger partial charge in [0.2, 0.25) is 6.41 Å². The second kappa shape index (κ2) is 5.59. The average molecular weight is 200 g/mol. The number of carbonyl (C=O) groups excluding carboxylic acids is 2. The summed E-state index contributed by atoms with van der Waals surface area (Å²) in [6.45, 7) is 1.67. The van der Waals surface area contributed by atoms with E-state index < -0.39 is 0 Å². The molecular formula is C9H16N2O3. The minimum Gasteiger partial charge on any atom is -0.462 e. The summed E-state index contributed by atoms with van der Waals surface area (Å²) in [5.74, 6) is -0.239. The summed E-state index contributed by atoms with van der Waals surface area (Å²) in [6.07, 6.45) is 2.53. The van der Waals surface area contributed by atoms with Crippen molar-refractivity contribution >= 4 is 12.4 Å². The normalized spacial score (nSPS) is 17.9. The molecule has 1 rings (SSSR count). The van der Waals surface area contributed by atoms with Gasteiger partial charge in [0.15, 0.2) is 0 Å². The second-order valence-electron chi connectivity index (χ2n) is 3.37. The molecule has 0 spiro atoms. The summed E-state index contributed by atoms with van der Waals surface area (Å²) < 4.78 is 5.16. The van der Waals surface area contributed by atoms with Gasteiger partial charge in [-0.15, -0.1) is 0 Å². The Morgan fingerprint density at radius 3 is 2.64 bits per heavy atom. The molecule has 0 saturated carbocycles. The third-order valence-electron chi connectivity index (χ3n) is 2.27. The molecule has 0 aromatic rings. The number of rotatable bonds is 4. The van der Waals surface area contributed by atoms with E-state index in [-0.39, 0.29) is 18.5 Å². The standard InChI is InChI=1S/C9H16N2O3/c10-4-1-9(13)14-8-2-5-11(7-12)6-3-8/h7-8H,1-6,10H2. The molecule has 1 aliphatic rings. The van der Waals surface area contributed by atoms with E-state index in [1.165, 1.54) is 0 Å². The lowest BCUT2D eigenvalue weighted by Gasteiger charge is -2.28. The monoisotopic (exact) mass is 200 g/mol. The number of nitrogens with zero attached hydrogens (tertiary/aromatic N) is 1. The summed E-state index contributed by atoms with van der Waals surface area (Å²) >= 11 is 0. The third-order valence-corrected chi connectivity index (χ3v) is 2.27. The van der Waals surface area contributed by atoms with Gasteiger partial charge in [-0.05, 0) is 0 Å². The van der Waals surface area contributed by atoms with Crippen molar-refractivity contribution in [3.8, 4) is 0 Å². The van der Waals surface area contributed by atoms with E-state index in [2.05, 4.69) is 0 Å². The van der Waals surface area contributed by atoms with Crippen LogP contribution in [-0.2, 0) is 14.3 Å². The molecule has 0 radical (unpaired) electrons. The van der Waals surface area contributed by atoms with E-state index in [0.717, 1.165) is 19.3 Å². The van der Waals surface area contributed by atoms with Crippen LogP contribution in [-0.4, -0.2) is 43.0 Å². The Bertz CT molecular complexity index is 200. The molecule has 5 nitrogen and oxygen atoms in total. The highest BCUT2D eigenvalue weighted by Gasteiger charge is 2.20. The van der Waals surface area contributed by atoms with Gasteiger partial charge in [-0.3, -0.25) is 9.59 Å². The molecule has 1 heterocycles. The number of hydrogen-bond acceptors (Lipinski definition) is 4. The van der Waals surface area contributed by atoms with Gasteiger partial charge in [-0.2, -0.15) is 0 Å². The number of nitrogens with two attached hydrogens (primary N) is 1. The first-order valence-electron chi connectivity index (χ1n) is 4.85. The predicted molar refractivity (Wildman–Crippen MR) is 50.4 cm³/mol. The summed E-state index contributed by atoms with van der Waals surface area (Å²) in [6, 6.07) is 0. The minimum atomic E-state index is -0.239. The van der Waals surface area contributed by atoms with E-state index in [1.807, 2.05) is 0 Å². The van der Waals surface area contributed by atoms with Gasteiger partial charge in [0.25, 0.3) is 0 Å². The Morgan fingerprint density at radius 2 is 2.14 bits per heavy atom. The van der Waals surface area contributed by atoms with E-state index in [4.69, 9.17) is 10.5 Å². The van der Waals surface area contributed by atoms with Crippen LogP contribution in [0.15, 0.2) is 0 Å². The summed E-state index contributed by atoms with van der Waals surface area (Å²) in [7, 11) is 0. The minimum absolute atomic E-state index is 0.0368. The number of amides is 1. The van der Waals surface area contributed by atoms with Crippen LogP contribution in [0.25, 0.3) is 0 Å². The van der Waals surface area contributed by atoms with Gasteiger partial charge in [-0.25, -0.2) is 0 Å². The van der Waals surface area contributed by atoms with Crippen molar-refractivity contribution in [3.05, 3.63) is 0 Å². The molecule has 2 N–H and O–H groups in total. The number of esters is 1. The van der Waals surface area contributed by atoms with Crippen LogP contribution in [0.3, 0.4) is 0 Å². The van der Waals surface area contributed by atoms with Gasteiger partial charge < -0.3 is 15.4 Å². The van der Waals surface area contributed by atoms with Crippen LogP contribution in [0.1, 0.15) is 19.3 Å². The van der Waals surface area contributed by atoms with Crippen molar-refractivity contribution in [3.63, 3.8) is 0 Å². The fourth-order valence-corrected chi connectivity index (χ4v) is 1.46. The zero-order valence-corrected chi connectivity index (χ0v) is 8.15. The Morgan fingerprint density at radius 1 is 1.50 bits per heavy atom. The van der Waals surface area contributed by atoms with Gasteiger partial charge in [-0.1, -0.05) is 0 Å². The number of ether oxygens (including phenoxy) is 1. The molecule has 1 fully saturated rings. The fraction of sp³-hybridized carbons (Fsp3) is 0.778. The third kappa shape index (κ3) is 3.33. The van der Waals surface area contributed by atoms with Crippen molar-refractivity contribution in [1.82, 2.24) is 4.90 Å². The average Bonchev–Trinajstić information content (AvgIpc) is 2.19. The molecule has 80 valence electrons. The van der Waals surface area contributed by atoms with Gasteiger partial charge >= 0.3 is 5.97 Å². The molecule has 1 aliphatic heterocycles. The number of likely N-dealkylation sites (tertiary alicyclic amines) is 1. The maximum Gasteiger partial charge on any atom is 0.307 e. The highest BCUT2D eigenvalue weighted by molar-refractivity contribution is 5.69. The van der Waals surface area contributed by atoms with Crippen molar-refractivity contribution in [2.24, 2.45) is 5.73 Å². The molecule has 0 aliphatic carbocycles. The van der Waals surface area contributed by atoms with Crippen molar-refractivity contribution < 1.29 is 14.3 Å². The van der Waals surface area contributed by atoms with E-state index in [0.29, 0.717) is 19.6 Å². The van der Waals surface area contributed by atoms with Crippen LogP contribution >= 0.6 is 0 Å². The predicted octanol–water partition coefficient (Wildman–Crippen LogP) is -0.501. The van der Waals surface area contributed by atoms with Crippen molar-refractivity contribution in [2.45, 2.75) is 25.4 Å². The lowest BCUT2D eigenvalue weighted by molar-refractivity contribution is -0.151. The zero-order valence-electron chi connectivity index (χ0n) is 8.15. The fourth-order valence-electron chi connectivity index (χ4n) is 1.46. The number of hydrogen-bond donors (Lipinski definition) is 1. The highest BCUT2D eigenvalue weighted by atomic mass is 16.5.